The highest BCUT2D eigenvalue weighted by atomic mass is 35.5. The largest absolute Gasteiger partial charge is 0.338 e. The number of fused-ring (bicyclic) bond motifs is 1. The summed E-state index contributed by atoms with van der Waals surface area (Å²) in [5.74, 6) is 1.12. The van der Waals surface area contributed by atoms with E-state index in [0.29, 0.717) is 22.4 Å². The van der Waals surface area contributed by atoms with Gasteiger partial charge in [0.05, 0.1) is 10.6 Å². The predicted molar refractivity (Wildman–Crippen MR) is 78.8 cm³/mol. The number of carbonyl (C=O) groups is 1. The lowest BCUT2D eigenvalue weighted by Gasteiger charge is -2.19. The number of rotatable bonds is 1. The Labute approximate surface area is 124 Å². The van der Waals surface area contributed by atoms with E-state index in [1.165, 1.54) is 0 Å². The standard InChI is InChI=1S/C14H17ClN2O.ClH/c15-12-4-2-1-3-10(12)14(18)17-7-9-5-6-13(16)11(9)8-17;/h1-4,9,11,13H,5-8,16H2;1H. The molecule has 1 amide bonds. The number of likely N-dealkylation sites (tertiary alicyclic amines) is 1. The summed E-state index contributed by atoms with van der Waals surface area (Å²) >= 11 is 6.07. The third kappa shape index (κ3) is 2.60. The second-order valence-electron chi connectivity index (χ2n) is 5.36. The number of nitrogens with two attached hydrogens (primary N) is 1. The molecule has 0 spiro atoms. The van der Waals surface area contributed by atoms with Crippen LogP contribution in [0.2, 0.25) is 5.02 Å². The number of benzene rings is 1. The van der Waals surface area contributed by atoms with E-state index in [1.807, 2.05) is 17.0 Å². The van der Waals surface area contributed by atoms with Gasteiger partial charge in [-0.2, -0.15) is 0 Å². The minimum atomic E-state index is 0. The summed E-state index contributed by atoms with van der Waals surface area (Å²) in [6.45, 7) is 1.62. The van der Waals surface area contributed by atoms with Crippen molar-refractivity contribution in [2.24, 2.45) is 17.6 Å². The van der Waals surface area contributed by atoms with Crippen molar-refractivity contribution in [1.82, 2.24) is 4.90 Å². The van der Waals surface area contributed by atoms with Crippen LogP contribution in [0.1, 0.15) is 23.2 Å². The summed E-state index contributed by atoms with van der Waals surface area (Å²) in [6, 6.07) is 7.50. The number of carbonyl (C=O) groups excluding carboxylic acids is 1. The Bertz CT molecular complexity index is 480. The minimum Gasteiger partial charge on any atom is -0.338 e. The van der Waals surface area contributed by atoms with E-state index < -0.39 is 0 Å². The Balaban J connectivity index is 0.00000133. The first-order chi connectivity index (χ1) is 8.66. The predicted octanol–water partition coefficient (Wildman–Crippen LogP) is 2.57. The van der Waals surface area contributed by atoms with Crippen LogP contribution in [-0.2, 0) is 0 Å². The van der Waals surface area contributed by atoms with Gasteiger partial charge in [0.15, 0.2) is 0 Å². The molecule has 1 heterocycles. The Hall–Kier alpha value is -0.770. The second-order valence-corrected chi connectivity index (χ2v) is 5.76. The first-order valence-electron chi connectivity index (χ1n) is 6.46. The zero-order valence-corrected chi connectivity index (χ0v) is 12.2. The van der Waals surface area contributed by atoms with Crippen LogP contribution in [0.5, 0.6) is 0 Å². The summed E-state index contributed by atoms with van der Waals surface area (Å²) in [7, 11) is 0. The number of nitrogens with zero attached hydrogens (tertiary/aromatic N) is 1. The van der Waals surface area contributed by atoms with E-state index in [4.69, 9.17) is 17.3 Å². The van der Waals surface area contributed by atoms with Crippen LogP contribution in [-0.4, -0.2) is 29.9 Å². The molecular formula is C14H18Cl2N2O. The molecule has 19 heavy (non-hydrogen) atoms. The average Bonchev–Trinajstić information content (AvgIpc) is 2.92. The molecule has 3 rings (SSSR count). The van der Waals surface area contributed by atoms with Gasteiger partial charge in [-0.15, -0.1) is 12.4 Å². The first kappa shape index (κ1) is 14.6. The van der Waals surface area contributed by atoms with Crippen molar-refractivity contribution in [1.29, 1.82) is 0 Å². The zero-order valence-electron chi connectivity index (χ0n) is 10.6. The molecule has 0 aromatic heterocycles. The molecule has 3 atom stereocenters. The maximum atomic E-state index is 12.4. The molecule has 0 radical (unpaired) electrons. The van der Waals surface area contributed by atoms with Crippen LogP contribution >= 0.6 is 24.0 Å². The number of amides is 1. The van der Waals surface area contributed by atoms with Crippen LogP contribution in [0.3, 0.4) is 0 Å². The molecule has 5 heteroatoms. The van der Waals surface area contributed by atoms with E-state index in [1.54, 1.807) is 12.1 Å². The Kier molecular flexibility index (Phi) is 4.39. The van der Waals surface area contributed by atoms with E-state index in [9.17, 15) is 4.79 Å². The maximum absolute atomic E-state index is 12.4. The van der Waals surface area contributed by atoms with Gasteiger partial charge in [0, 0.05) is 19.1 Å². The molecule has 104 valence electrons. The molecule has 2 N–H and O–H groups in total. The topological polar surface area (TPSA) is 46.3 Å². The van der Waals surface area contributed by atoms with Crippen LogP contribution < -0.4 is 5.73 Å². The molecule has 1 aromatic rings. The normalized spacial score (nSPS) is 28.9. The van der Waals surface area contributed by atoms with Crippen molar-refractivity contribution in [3.8, 4) is 0 Å². The lowest BCUT2D eigenvalue weighted by atomic mass is 9.98. The van der Waals surface area contributed by atoms with E-state index in [-0.39, 0.29) is 24.4 Å². The highest BCUT2D eigenvalue weighted by molar-refractivity contribution is 6.33. The number of halogens is 2. The zero-order chi connectivity index (χ0) is 12.7. The smallest absolute Gasteiger partial charge is 0.255 e. The van der Waals surface area contributed by atoms with Crippen LogP contribution in [0.25, 0.3) is 0 Å². The van der Waals surface area contributed by atoms with Gasteiger partial charge in [-0.3, -0.25) is 4.79 Å². The van der Waals surface area contributed by atoms with Gasteiger partial charge < -0.3 is 10.6 Å². The first-order valence-corrected chi connectivity index (χ1v) is 6.84. The van der Waals surface area contributed by atoms with Gasteiger partial charge in [0.25, 0.3) is 5.91 Å². The summed E-state index contributed by atoms with van der Waals surface area (Å²) in [6.07, 6.45) is 2.25. The Morgan fingerprint density at radius 3 is 2.68 bits per heavy atom. The van der Waals surface area contributed by atoms with Crippen molar-refractivity contribution < 1.29 is 4.79 Å². The lowest BCUT2D eigenvalue weighted by Crippen LogP contribution is -2.33. The van der Waals surface area contributed by atoms with Gasteiger partial charge in [-0.1, -0.05) is 23.7 Å². The summed E-state index contributed by atoms with van der Waals surface area (Å²) in [5, 5.41) is 0.531. The monoisotopic (exact) mass is 300 g/mol. The van der Waals surface area contributed by atoms with Gasteiger partial charge >= 0.3 is 0 Å². The molecule has 2 aliphatic rings. The Morgan fingerprint density at radius 1 is 1.26 bits per heavy atom. The summed E-state index contributed by atoms with van der Waals surface area (Å²) in [4.78, 5) is 14.3. The molecule has 1 aliphatic heterocycles. The summed E-state index contributed by atoms with van der Waals surface area (Å²) < 4.78 is 0. The van der Waals surface area contributed by atoms with Crippen molar-refractivity contribution in [2.45, 2.75) is 18.9 Å². The SMILES string of the molecule is Cl.NC1CCC2CN(C(=O)c3ccccc3Cl)CC12. The third-order valence-corrected chi connectivity index (χ3v) is 4.63. The van der Waals surface area contributed by atoms with Crippen molar-refractivity contribution in [3.05, 3.63) is 34.9 Å². The quantitative estimate of drug-likeness (QED) is 0.866. The van der Waals surface area contributed by atoms with Crippen molar-refractivity contribution >= 4 is 29.9 Å². The molecule has 1 aliphatic carbocycles. The molecule has 2 fully saturated rings. The van der Waals surface area contributed by atoms with E-state index in [0.717, 1.165) is 25.9 Å². The van der Waals surface area contributed by atoms with Crippen LogP contribution in [0.4, 0.5) is 0 Å². The Morgan fingerprint density at radius 2 is 2.00 bits per heavy atom. The maximum Gasteiger partial charge on any atom is 0.255 e. The number of hydrogen-bond donors (Lipinski definition) is 1. The van der Waals surface area contributed by atoms with Gasteiger partial charge in [-0.25, -0.2) is 0 Å². The highest BCUT2D eigenvalue weighted by Crippen LogP contribution is 2.37. The van der Waals surface area contributed by atoms with Crippen LogP contribution in [0.15, 0.2) is 24.3 Å². The fourth-order valence-corrected chi connectivity index (χ4v) is 3.49. The van der Waals surface area contributed by atoms with Crippen LogP contribution in [0, 0.1) is 11.8 Å². The molecule has 1 aromatic carbocycles. The van der Waals surface area contributed by atoms with Gasteiger partial charge in [0.1, 0.15) is 0 Å². The van der Waals surface area contributed by atoms with Gasteiger partial charge in [0.2, 0.25) is 0 Å². The molecule has 3 nitrogen and oxygen atoms in total. The van der Waals surface area contributed by atoms with E-state index >= 15 is 0 Å². The minimum absolute atomic E-state index is 0. The van der Waals surface area contributed by atoms with Gasteiger partial charge in [-0.05, 0) is 36.8 Å². The lowest BCUT2D eigenvalue weighted by molar-refractivity contribution is 0.0780. The van der Waals surface area contributed by atoms with Crippen molar-refractivity contribution in [3.63, 3.8) is 0 Å². The molecule has 1 saturated heterocycles. The molecule has 1 saturated carbocycles. The molecule has 0 bridgehead atoms. The second kappa shape index (κ2) is 5.70. The highest BCUT2D eigenvalue weighted by Gasteiger charge is 2.42. The van der Waals surface area contributed by atoms with Crippen molar-refractivity contribution in [2.75, 3.05) is 13.1 Å². The van der Waals surface area contributed by atoms with E-state index in [2.05, 4.69) is 0 Å². The molecular weight excluding hydrogens is 283 g/mol. The average molecular weight is 301 g/mol. The third-order valence-electron chi connectivity index (χ3n) is 4.30. The molecule has 3 unspecified atom stereocenters. The summed E-state index contributed by atoms with van der Waals surface area (Å²) in [5.41, 5.74) is 6.69. The number of hydrogen-bond acceptors (Lipinski definition) is 2. The fourth-order valence-electron chi connectivity index (χ4n) is 3.28. The fraction of sp³-hybridized carbons (Fsp3) is 0.500.